The van der Waals surface area contributed by atoms with Crippen LogP contribution < -0.4 is 10.6 Å². The van der Waals surface area contributed by atoms with E-state index >= 15 is 0 Å². The molecule has 0 saturated heterocycles. The molecule has 1 N–H and O–H groups in total. The van der Waals surface area contributed by atoms with Crippen molar-refractivity contribution in [1.29, 1.82) is 0 Å². The number of rotatable bonds is 3. The van der Waals surface area contributed by atoms with Crippen molar-refractivity contribution in [2.75, 3.05) is 6.61 Å². The van der Waals surface area contributed by atoms with Gasteiger partial charge in [-0.1, -0.05) is 24.8 Å². The Hall–Kier alpha value is -1.38. The molecule has 0 bridgehead atoms. The van der Waals surface area contributed by atoms with Gasteiger partial charge in [0.15, 0.2) is 0 Å². The third kappa shape index (κ3) is 3.09. The Balaban J connectivity index is 2.54. The van der Waals surface area contributed by atoms with Gasteiger partial charge in [0.2, 0.25) is 0 Å². The maximum absolute atomic E-state index is 5.89. The van der Waals surface area contributed by atoms with Gasteiger partial charge in [-0.2, -0.15) is 17.7 Å². The van der Waals surface area contributed by atoms with Gasteiger partial charge >= 0.3 is 0 Å². The van der Waals surface area contributed by atoms with Crippen molar-refractivity contribution in [1.82, 2.24) is 10.2 Å². The Morgan fingerprint density at radius 2 is 2.44 bits per heavy atom. The summed E-state index contributed by atoms with van der Waals surface area (Å²) < 4.78 is 5.89. The number of fused-ring (bicyclic) bond motifs is 1. The Morgan fingerprint density at radius 1 is 1.61 bits per heavy atom. The smallest absolute Gasteiger partial charge is 0.111 e. The number of aromatic nitrogens is 2. The monoisotopic (exact) mass is 262 g/mol. The number of H-pyrrole nitrogens is 1. The van der Waals surface area contributed by atoms with E-state index in [0.717, 1.165) is 34.9 Å². The van der Waals surface area contributed by atoms with Crippen molar-refractivity contribution in [3.63, 3.8) is 0 Å². The highest BCUT2D eigenvalue weighted by Crippen LogP contribution is 2.10. The molecule has 1 aromatic rings. The Morgan fingerprint density at radius 3 is 3.22 bits per heavy atom. The summed E-state index contributed by atoms with van der Waals surface area (Å²) in [5.41, 5.74) is 4.15. The molecule has 0 aromatic carbocycles. The number of ether oxygens (including phenoxy) is 1. The molecule has 1 heterocycles. The second kappa shape index (κ2) is 5.98. The number of aryl methyl sites for hydroxylation is 1. The molecule has 1 aliphatic carbocycles. The van der Waals surface area contributed by atoms with E-state index < -0.39 is 0 Å². The van der Waals surface area contributed by atoms with Crippen molar-refractivity contribution < 1.29 is 4.74 Å². The van der Waals surface area contributed by atoms with Gasteiger partial charge in [0, 0.05) is 11.7 Å². The highest BCUT2D eigenvalue weighted by atomic mass is 32.1. The van der Waals surface area contributed by atoms with Crippen molar-refractivity contribution in [3.8, 4) is 0 Å². The minimum absolute atomic E-state index is 0.218. The summed E-state index contributed by atoms with van der Waals surface area (Å²) in [5, 5.41) is 9.38. The molecule has 18 heavy (non-hydrogen) atoms. The van der Waals surface area contributed by atoms with Crippen molar-refractivity contribution in [2.45, 2.75) is 31.9 Å². The standard InChI is InChI=1S/C14H18N2OS/c1-10(18)9-17-13-8-6-4-3-5-7-12-14(13)11(2)15-16-12/h3-5,10,16,18H,6,8-9H2,1-2H3. The van der Waals surface area contributed by atoms with Crippen LogP contribution in [-0.2, 0) is 4.74 Å². The van der Waals surface area contributed by atoms with Crippen LogP contribution in [0.3, 0.4) is 0 Å². The molecule has 2 rings (SSSR count). The van der Waals surface area contributed by atoms with E-state index in [2.05, 4.69) is 34.6 Å². The van der Waals surface area contributed by atoms with Gasteiger partial charge in [-0.15, -0.1) is 0 Å². The minimum Gasteiger partial charge on any atom is -0.496 e. The topological polar surface area (TPSA) is 37.9 Å². The predicted molar refractivity (Wildman–Crippen MR) is 76.7 cm³/mol. The van der Waals surface area contributed by atoms with Crippen molar-refractivity contribution in [3.05, 3.63) is 34.5 Å². The average molecular weight is 262 g/mol. The van der Waals surface area contributed by atoms with E-state index in [1.54, 1.807) is 0 Å². The van der Waals surface area contributed by atoms with Crippen LogP contribution in [0.2, 0.25) is 0 Å². The van der Waals surface area contributed by atoms with Crippen molar-refractivity contribution >= 4 is 24.1 Å². The van der Waals surface area contributed by atoms with Gasteiger partial charge in [0.05, 0.1) is 17.5 Å². The van der Waals surface area contributed by atoms with Crippen LogP contribution in [0, 0.1) is 6.92 Å². The van der Waals surface area contributed by atoms with Crippen LogP contribution in [0.1, 0.15) is 25.5 Å². The van der Waals surface area contributed by atoms with E-state index in [1.807, 2.05) is 26.0 Å². The fourth-order valence-corrected chi connectivity index (χ4v) is 1.95. The highest BCUT2D eigenvalue weighted by Gasteiger charge is 2.07. The van der Waals surface area contributed by atoms with Crippen LogP contribution in [0.5, 0.6) is 0 Å². The van der Waals surface area contributed by atoms with Gasteiger partial charge in [0.1, 0.15) is 11.1 Å². The first-order valence-electron chi connectivity index (χ1n) is 6.15. The van der Waals surface area contributed by atoms with Gasteiger partial charge in [-0.3, -0.25) is 5.10 Å². The van der Waals surface area contributed by atoms with Gasteiger partial charge in [0.25, 0.3) is 0 Å². The third-order valence-corrected chi connectivity index (χ3v) is 2.87. The molecular weight excluding hydrogens is 244 g/mol. The fraction of sp³-hybridized carbons (Fsp3) is 0.429. The molecule has 1 atom stereocenters. The number of hydrogen-bond acceptors (Lipinski definition) is 3. The minimum atomic E-state index is 0.218. The summed E-state index contributed by atoms with van der Waals surface area (Å²) in [6.45, 7) is 4.61. The molecule has 0 fully saturated rings. The molecule has 0 aliphatic heterocycles. The number of allylic oxidation sites excluding steroid dienone is 3. The number of hydrogen-bond donors (Lipinski definition) is 2. The predicted octanol–water partition coefficient (Wildman–Crippen LogP) is 1.45. The van der Waals surface area contributed by atoms with Crippen LogP contribution >= 0.6 is 12.6 Å². The van der Waals surface area contributed by atoms with Crippen LogP contribution in [0.15, 0.2) is 18.2 Å². The molecule has 96 valence electrons. The Kier molecular flexibility index (Phi) is 4.34. The van der Waals surface area contributed by atoms with Crippen LogP contribution in [0.4, 0.5) is 0 Å². The Labute approximate surface area is 112 Å². The maximum Gasteiger partial charge on any atom is 0.111 e. The zero-order valence-corrected chi connectivity index (χ0v) is 11.6. The summed E-state index contributed by atoms with van der Waals surface area (Å²) in [7, 11) is 0. The number of aromatic amines is 1. The highest BCUT2D eigenvalue weighted by molar-refractivity contribution is 7.80. The van der Waals surface area contributed by atoms with Crippen LogP contribution in [0.25, 0.3) is 11.5 Å². The van der Waals surface area contributed by atoms with E-state index in [-0.39, 0.29) is 5.25 Å². The van der Waals surface area contributed by atoms with E-state index in [4.69, 9.17) is 4.74 Å². The van der Waals surface area contributed by atoms with Gasteiger partial charge in [-0.25, -0.2) is 0 Å². The molecular formula is C14H18N2OS. The molecule has 4 heteroatoms. The summed E-state index contributed by atoms with van der Waals surface area (Å²) >= 11 is 4.35. The second-order valence-corrected chi connectivity index (χ2v) is 5.30. The second-order valence-electron chi connectivity index (χ2n) is 4.42. The van der Waals surface area contributed by atoms with Crippen LogP contribution in [-0.4, -0.2) is 22.1 Å². The van der Waals surface area contributed by atoms with Crippen molar-refractivity contribution in [2.24, 2.45) is 0 Å². The first kappa shape index (κ1) is 13.1. The Bertz CT molecular complexity index is 592. The number of nitrogens with zero attached hydrogens (tertiary/aromatic N) is 1. The lowest BCUT2D eigenvalue weighted by atomic mass is 10.2. The quantitative estimate of drug-likeness (QED) is 0.809. The molecule has 0 saturated carbocycles. The first-order valence-corrected chi connectivity index (χ1v) is 6.67. The summed E-state index contributed by atoms with van der Waals surface area (Å²) in [6, 6.07) is 0. The lowest BCUT2D eigenvalue weighted by Crippen LogP contribution is -2.27. The molecule has 0 spiro atoms. The maximum atomic E-state index is 5.89. The molecule has 3 nitrogen and oxygen atoms in total. The lowest BCUT2D eigenvalue weighted by molar-refractivity contribution is 0.266. The summed E-state index contributed by atoms with van der Waals surface area (Å²) in [4.78, 5) is 0. The SMILES string of the molecule is Cc1n[nH]c2c1=C(OCC(C)S)CCC=CC=C=2. The normalized spacial score (nSPS) is 16.3. The molecule has 1 aromatic heterocycles. The number of thiol groups is 1. The van der Waals surface area contributed by atoms with Gasteiger partial charge in [-0.05, 0) is 19.4 Å². The molecule has 0 radical (unpaired) electrons. The fourth-order valence-electron chi connectivity index (χ4n) is 1.88. The van der Waals surface area contributed by atoms with E-state index in [0.29, 0.717) is 6.61 Å². The third-order valence-electron chi connectivity index (χ3n) is 2.72. The first-order chi connectivity index (χ1) is 8.68. The lowest BCUT2D eigenvalue weighted by Gasteiger charge is -2.11. The van der Waals surface area contributed by atoms with Gasteiger partial charge < -0.3 is 4.74 Å². The molecule has 0 amide bonds. The largest absolute Gasteiger partial charge is 0.496 e. The molecule has 1 aliphatic rings. The zero-order valence-electron chi connectivity index (χ0n) is 10.7. The van der Waals surface area contributed by atoms with E-state index in [1.165, 1.54) is 0 Å². The zero-order chi connectivity index (χ0) is 13.0. The summed E-state index contributed by atoms with van der Waals surface area (Å²) in [5.74, 6) is 0.976. The molecule has 1 unspecified atom stereocenters. The summed E-state index contributed by atoms with van der Waals surface area (Å²) in [6.07, 6.45) is 7.86. The number of nitrogens with one attached hydrogen (secondary N) is 1. The van der Waals surface area contributed by atoms with E-state index in [9.17, 15) is 0 Å². The average Bonchev–Trinajstić information content (AvgIpc) is 2.72.